The standard InChI is InChI=1S/C17H25N3O2.2ClH/c21-17(16-12-18-7-10-22-16)19-11-14-3-5-15(6-4-14)13-20-8-1-2-9-20;;/h3-6,16,18H,1-2,7-13H2,(H,19,21);2*1H. The summed E-state index contributed by atoms with van der Waals surface area (Å²) < 4.78 is 5.44. The number of likely N-dealkylation sites (tertiary alicyclic amines) is 1. The number of morpholine rings is 1. The van der Waals surface area contributed by atoms with Crippen LogP contribution >= 0.6 is 24.8 Å². The average Bonchev–Trinajstić information content (AvgIpc) is 3.08. The summed E-state index contributed by atoms with van der Waals surface area (Å²) in [6.07, 6.45) is 2.29. The predicted molar refractivity (Wildman–Crippen MR) is 99.9 cm³/mol. The molecule has 0 radical (unpaired) electrons. The van der Waals surface area contributed by atoms with Gasteiger partial charge in [-0.25, -0.2) is 0 Å². The first-order valence-corrected chi connectivity index (χ1v) is 8.21. The number of hydrogen-bond acceptors (Lipinski definition) is 4. The van der Waals surface area contributed by atoms with Crippen molar-refractivity contribution in [2.75, 3.05) is 32.8 Å². The number of carbonyl (C=O) groups is 1. The van der Waals surface area contributed by atoms with Crippen molar-refractivity contribution in [3.63, 3.8) is 0 Å². The second kappa shape index (κ2) is 10.9. The summed E-state index contributed by atoms with van der Waals surface area (Å²) >= 11 is 0. The van der Waals surface area contributed by atoms with Crippen LogP contribution in [-0.2, 0) is 22.6 Å². The van der Waals surface area contributed by atoms with Crippen molar-refractivity contribution < 1.29 is 9.53 Å². The Kier molecular flexibility index (Phi) is 9.63. The Morgan fingerprint density at radius 1 is 1.17 bits per heavy atom. The largest absolute Gasteiger partial charge is 0.366 e. The Hall–Kier alpha value is -0.850. The van der Waals surface area contributed by atoms with E-state index in [0.717, 1.165) is 18.7 Å². The quantitative estimate of drug-likeness (QED) is 0.822. The van der Waals surface area contributed by atoms with Crippen LogP contribution in [0.4, 0.5) is 0 Å². The molecule has 136 valence electrons. The normalized spacial score (nSPS) is 20.8. The fraction of sp³-hybridized carbons (Fsp3) is 0.588. The van der Waals surface area contributed by atoms with Gasteiger partial charge in [-0.2, -0.15) is 0 Å². The Morgan fingerprint density at radius 2 is 1.83 bits per heavy atom. The number of rotatable bonds is 5. The van der Waals surface area contributed by atoms with Crippen molar-refractivity contribution in [1.82, 2.24) is 15.5 Å². The predicted octanol–water partition coefficient (Wildman–Crippen LogP) is 1.73. The minimum Gasteiger partial charge on any atom is -0.366 e. The van der Waals surface area contributed by atoms with Gasteiger partial charge in [0.05, 0.1) is 6.61 Å². The maximum Gasteiger partial charge on any atom is 0.250 e. The van der Waals surface area contributed by atoms with Crippen molar-refractivity contribution in [2.24, 2.45) is 0 Å². The molecule has 1 aromatic rings. The van der Waals surface area contributed by atoms with Crippen LogP contribution in [0.25, 0.3) is 0 Å². The number of nitrogens with zero attached hydrogens (tertiary/aromatic N) is 1. The number of carbonyl (C=O) groups excluding carboxylic acids is 1. The first-order valence-electron chi connectivity index (χ1n) is 8.21. The summed E-state index contributed by atoms with van der Waals surface area (Å²) in [6, 6.07) is 8.54. The van der Waals surface area contributed by atoms with Gasteiger partial charge in [-0.05, 0) is 37.1 Å². The molecule has 2 aliphatic rings. The number of hydrogen-bond donors (Lipinski definition) is 2. The van der Waals surface area contributed by atoms with Crippen LogP contribution in [0.2, 0.25) is 0 Å². The summed E-state index contributed by atoms with van der Waals surface area (Å²) in [4.78, 5) is 14.5. The van der Waals surface area contributed by atoms with Crippen molar-refractivity contribution in [3.05, 3.63) is 35.4 Å². The van der Waals surface area contributed by atoms with Gasteiger partial charge in [-0.15, -0.1) is 24.8 Å². The topological polar surface area (TPSA) is 53.6 Å². The van der Waals surface area contributed by atoms with Crippen LogP contribution in [-0.4, -0.2) is 49.7 Å². The van der Waals surface area contributed by atoms with E-state index >= 15 is 0 Å². The van der Waals surface area contributed by atoms with E-state index in [9.17, 15) is 4.79 Å². The molecule has 7 heteroatoms. The van der Waals surface area contributed by atoms with Crippen LogP contribution in [0.15, 0.2) is 24.3 Å². The highest BCUT2D eigenvalue weighted by molar-refractivity contribution is 5.85. The number of benzene rings is 1. The molecule has 24 heavy (non-hydrogen) atoms. The maximum absolute atomic E-state index is 12.0. The molecule has 2 aliphatic heterocycles. The van der Waals surface area contributed by atoms with E-state index in [1.807, 2.05) is 0 Å². The number of ether oxygens (including phenoxy) is 1. The van der Waals surface area contributed by atoms with Gasteiger partial charge in [0.25, 0.3) is 5.91 Å². The first-order chi connectivity index (χ1) is 10.8. The van der Waals surface area contributed by atoms with E-state index in [-0.39, 0.29) is 36.8 Å². The van der Waals surface area contributed by atoms with E-state index < -0.39 is 0 Å². The van der Waals surface area contributed by atoms with Gasteiger partial charge in [-0.1, -0.05) is 24.3 Å². The lowest BCUT2D eigenvalue weighted by Crippen LogP contribution is -2.47. The minimum atomic E-state index is -0.358. The lowest BCUT2D eigenvalue weighted by atomic mass is 10.1. The highest BCUT2D eigenvalue weighted by Crippen LogP contribution is 2.13. The number of nitrogens with one attached hydrogen (secondary N) is 2. The smallest absolute Gasteiger partial charge is 0.250 e. The van der Waals surface area contributed by atoms with Crippen molar-refractivity contribution in [1.29, 1.82) is 0 Å². The van der Waals surface area contributed by atoms with E-state index in [2.05, 4.69) is 39.8 Å². The third-order valence-corrected chi connectivity index (χ3v) is 4.31. The van der Waals surface area contributed by atoms with Crippen LogP contribution < -0.4 is 10.6 Å². The molecule has 2 fully saturated rings. The fourth-order valence-electron chi connectivity index (χ4n) is 3.00. The average molecular weight is 376 g/mol. The second-order valence-corrected chi connectivity index (χ2v) is 6.08. The molecule has 3 rings (SSSR count). The number of amides is 1. The van der Waals surface area contributed by atoms with Crippen LogP contribution in [0.1, 0.15) is 24.0 Å². The monoisotopic (exact) mass is 375 g/mol. The molecule has 1 aromatic carbocycles. The van der Waals surface area contributed by atoms with Gasteiger partial charge in [0.15, 0.2) is 0 Å². The molecule has 2 saturated heterocycles. The molecule has 1 atom stereocenters. The van der Waals surface area contributed by atoms with Crippen LogP contribution in [0.3, 0.4) is 0 Å². The zero-order valence-electron chi connectivity index (χ0n) is 13.8. The van der Waals surface area contributed by atoms with Crippen molar-refractivity contribution >= 4 is 30.7 Å². The summed E-state index contributed by atoms with van der Waals surface area (Å²) in [6.45, 7) is 6.05. The highest BCUT2D eigenvalue weighted by atomic mass is 35.5. The van der Waals surface area contributed by atoms with E-state index in [1.165, 1.54) is 31.5 Å². The molecule has 0 spiro atoms. The lowest BCUT2D eigenvalue weighted by molar-refractivity contribution is -0.134. The van der Waals surface area contributed by atoms with Gasteiger partial charge in [-0.3, -0.25) is 9.69 Å². The maximum atomic E-state index is 12.0. The van der Waals surface area contributed by atoms with E-state index in [0.29, 0.717) is 19.7 Å². The zero-order chi connectivity index (χ0) is 15.2. The van der Waals surface area contributed by atoms with Gasteiger partial charge < -0.3 is 15.4 Å². The van der Waals surface area contributed by atoms with E-state index in [4.69, 9.17) is 4.74 Å². The summed E-state index contributed by atoms with van der Waals surface area (Å²) in [5, 5.41) is 6.11. The molecule has 1 unspecified atom stereocenters. The Bertz CT molecular complexity index is 487. The summed E-state index contributed by atoms with van der Waals surface area (Å²) in [7, 11) is 0. The Labute approximate surface area is 156 Å². The van der Waals surface area contributed by atoms with Gasteiger partial charge in [0.2, 0.25) is 0 Å². The molecular formula is C17H27Cl2N3O2. The highest BCUT2D eigenvalue weighted by Gasteiger charge is 2.21. The molecule has 2 heterocycles. The molecule has 0 aliphatic carbocycles. The fourth-order valence-corrected chi connectivity index (χ4v) is 3.00. The molecule has 0 bridgehead atoms. The third-order valence-electron chi connectivity index (χ3n) is 4.31. The van der Waals surface area contributed by atoms with Gasteiger partial charge in [0.1, 0.15) is 6.10 Å². The van der Waals surface area contributed by atoms with Crippen LogP contribution in [0, 0.1) is 0 Å². The SMILES string of the molecule is Cl.Cl.O=C(NCc1ccc(CN2CCCC2)cc1)C1CNCCO1. The van der Waals surface area contributed by atoms with Crippen molar-refractivity contribution in [3.8, 4) is 0 Å². The van der Waals surface area contributed by atoms with E-state index in [1.54, 1.807) is 0 Å². The minimum absolute atomic E-state index is 0. The third kappa shape index (κ3) is 6.22. The summed E-state index contributed by atoms with van der Waals surface area (Å²) in [5.74, 6) is -0.0339. The summed E-state index contributed by atoms with van der Waals surface area (Å²) in [5.41, 5.74) is 2.47. The first kappa shape index (κ1) is 21.2. The van der Waals surface area contributed by atoms with Crippen molar-refractivity contribution in [2.45, 2.75) is 32.0 Å². The van der Waals surface area contributed by atoms with Gasteiger partial charge in [0, 0.05) is 26.2 Å². The molecule has 2 N–H and O–H groups in total. The Morgan fingerprint density at radius 3 is 2.46 bits per heavy atom. The Balaban J connectivity index is 0.00000144. The van der Waals surface area contributed by atoms with Crippen LogP contribution in [0.5, 0.6) is 0 Å². The second-order valence-electron chi connectivity index (χ2n) is 6.08. The molecular weight excluding hydrogens is 349 g/mol. The van der Waals surface area contributed by atoms with Gasteiger partial charge >= 0.3 is 0 Å². The number of halogens is 2. The molecule has 0 aromatic heterocycles. The lowest BCUT2D eigenvalue weighted by Gasteiger charge is -2.22. The molecule has 0 saturated carbocycles. The molecule has 5 nitrogen and oxygen atoms in total. The zero-order valence-corrected chi connectivity index (χ0v) is 15.5. The molecule has 1 amide bonds.